The molecule has 1 nitrogen and oxygen atoms in total. The molecule has 0 aliphatic rings. The van der Waals surface area contributed by atoms with Gasteiger partial charge in [-0.05, 0) is 29.2 Å². The highest BCUT2D eigenvalue weighted by Gasteiger charge is 2.07. The molecule has 0 unspecified atom stereocenters. The van der Waals surface area contributed by atoms with Gasteiger partial charge in [-0.25, -0.2) is 8.78 Å². The lowest BCUT2D eigenvalue weighted by Crippen LogP contribution is -2.15. The van der Waals surface area contributed by atoms with E-state index in [1.54, 1.807) is 0 Å². The van der Waals surface area contributed by atoms with Crippen LogP contribution in [0.1, 0.15) is 36.5 Å². The molecule has 0 aliphatic carbocycles. The van der Waals surface area contributed by atoms with Gasteiger partial charge in [0.15, 0.2) is 0 Å². The Morgan fingerprint density at radius 3 is 2.05 bits per heavy atom. The van der Waals surface area contributed by atoms with Crippen molar-refractivity contribution in [1.29, 1.82) is 0 Å². The van der Waals surface area contributed by atoms with Gasteiger partial charge in [0.2, 0.25) is 0 Å². The first-order valence-electron chi connectivity index (χ1n) is 6.80. The minimum absolute atomic E-state index is 0.0892. The molecule has 0 bridgehead atoms. The van der Waals surface area contributed by atoms with Crippen LogP contribution in [0, 0.1) is 11.6 Å². The smallest absolute Gasteiger partial charge is 0.130 e. The Labute approximate surface area is 118 Å². The number of hydrogen-bond acceptors (Lipinski definition) is 1. The van der Waals surface area contributed by atoms with Crippen molar-refractivity contribution in [3.63, 3.8) is 0 Å². The van der Waals surface area contributed by atoms with E-state index in [4.69, 9.17) is 0 Å². The molecule has 2 rings (SSSR count). The third-order valence-corrected chi connectivity index (χ3v) is 3.34. The summed E-state index contributed by atoms with van der Waals surface area (Å²) in [4.78, 5) is 0. The highest BCUT2D eigenvalue weighted by Crippen LogP contribution is 2.15. The van der Waals surface area contributed by atoms with Crippen molar-refractivity contribution in [2.24, 2.45) is 0 Å². The third kappa shape index (κ3) is 3.64. The van der Waals surface area contributed by atoms with E-state index < -0.39 is 11.6 Å². The fourth-order valence-electron chi connectivity index (χ4n) is 2.05. The van der Waals surface area contributed by atoms with Gasteiger partial charge >= 0.3 is 0 Å². The summed E-state index contributed by atoms with van der Waals surface area (Å²) in [6, 6.07) is 12.2. The maximum absolute atomic E-state index is 13.4. The second kappa shape index (κ2) is 6.62. The van der Waals surface area contributed by atoms with Gasteiger partial charge in [-0.15, -0.1) is 0 Å². The van der Waals surface area contributed by atoms with Crippen LogP contribution in [-0.2, 0) is 13.1 Å². The summed E-state index contributed by atoms with van der Waals surface area (Å²) in [6.45, 7) is 5.07. The van der Waals surface area contributed by atoms with Gasteiger partial charge in [-0.3, -0.25) is 0 Å². The predicted octanol–water partition coefficient (Wildman–Crippen LogP) is 4.38. The Morgan fingerprint density at radius 1 is 0.900 bits per heavy atom. The van der Waals surface area contributed by atoms with Gasteiger partial charge in [0.05, 0.1) is 0 Å². The SMILES string of the molecule is CC(C)c1ccc(CNCc2c(F)cccc2F)cc1. The molecule has 1 N–H and O–H groups in total. The average molecular weight is 275 g/mol. The Kier molecular flexibility index (Phi) is 4.85. The van der Waals surface area contributed by atoms with Crippen molar-refractivity contribution in [2.75, 3.05) is 0 Å². The van der Waals surface area contributed by atoms with Crippen LogP contribution >= 0.6 is 0 Å². The minimum atomic E-state index is -0.507. The second-order valence-electron chi connectivity index (χ2n) is 5.20. The molecular weight excluding hydrogens is 256 g/mol. The molecule has 3 heteroatoms. The molecule has 0 aromatic heterocycles. The molecule has 2 aromatic carbocycles. The molecule has 106 valence electrons. The summed E-state index contributed by atoms with van der Waals surface area (Å²) < 4.78 is 26.9. The summed E-state index contributed by atoms with van der Waals surface area (Å²) >= 11 is 0. The molecule has 0 amide bonds. The number of hydrogen-bond donors (Lipinski definition) is 1. The first kappa shape index (κ1) is 14.7. The van der Waals surface area contributed by atoms with Crippen LogP contribution in [0.2, 0.25) is 0 Å². The van der Waals surface area contributed by atoms with Gasteiger partial charge in [-0.1, -0.05) is 44.2 Å². The van der Waals surface area contributed by atoms with Crippen LogP contribution in [0.25, 0.3) is 0 Å². The summed E-state index contributed by atoms with van der Waals surface area (Å²) in [5, 5.41) is 3.07. The monoisotopic (exact) mass is 275 g/mol. The van der Waals surface area contributed by atoms with Gasteiger partial charge in [0.1, 0.15) is 11.6 Å². The maximum atomic E-state index is 13.4. The zero-order valence-electron chi connectivity index (χ0n) is 11.8. The van der Waals surface area contributed by atoms with Gasteiger partial charge in [-0.2, -0.15) is 0 Å². The maximum Gasteiger partial charge on any atom is 0.130 e. The van der Waals surface area contributed by atoms with Crippen molar-refractivity contribution in [1.82, 2.24) is 5.32 Å². The Hall–Kier alpha value is -1.74. The van der Waals surface area contributed by atoms with E-state index in [1.807, 2.05) is 12.1 Å². The molecule has 0 spiro atoms. The molecule has 0 radical (unpaired) electrons. The molecular formula is C17H19F2N. The first-order valence-corrected chi connectivity index (χ1v) is 6.80. The van der Waals surface area contributed by atoms with Crippen LogP contribution in [0.4, 0.5) is 8.78 Å². The summed E-state index contributed by atoms with van der Waals surface area (Å²) in [7, 11) is 0. The standard InChI is InChI=1S/C17H19F2N/c1-12(2)14-8-6-13(7-9-14)10-20-11-15-16(18)4-3-5-17(15)19/h3-9,12,20H,10-11H2,1-2H3. The fourth-order valence-corrected chi connectivity index (χ4v) is 2.05. The number of halogens is 2. The van der Waals surface area contributed by atoms with Crippen molar-refractivity contribution in [3.05, 3.63) is 70.8 Å². The fraction of sp³-hybridized carbons (Fsp3) is 0.294. The lowest BCUT2D eigenvalue weighted by Gasteiger charge is -2.09. The average Bonchev–Trinajstić information content (AvgIpc) is 2.42. The largest absolute Gasteiger partial charge is 0.308 e. The van der Waals surface area contributed by atoms with Crippen molar-refractivity contribution < 1.29 is 8.78 Å². The van der Waals surface area contributed by atoms with E-state index in [1.165, 1.54) is 23.8 Å². The summed E-state index contributed by atoms with van der Waals surface area (Å²) in [6.07, 6.45) is 0. The number of benzene rings is 2. The van der Waals surface area contributed by atoms with Crippen molar-refractivity contribution in [3.8, 4) is 0 Å². The summed E-state index contributed by atoms with van der Waals surface area (Å²) in [5.74, 6) is -0.509. The van der Waals surface area contributed by atoms with Crippen molar-refractivity contribution >= 4 is 0 Å². The van der Waals surface area contributed by atoms with E-state index in [-0.39, 0.29) is 12.1 Å². The molecule has 0 saturated heterocycles. The Bertz CT molecular complexity index is 541. The summed E-state index contributed by atoms with van der Waals surface area (Å²) in [5.41, 5.74) is 2.48. The van der Waals surface area contributed by atoms with E-state index in [2.05, 4.69) is 31.3 Å². The van der Waals surface area contributed by atoms with Gasteiger partial charge in [0.25, 0.3) is 0 Å². The molecule has 20 heavy (non-hydrogen) atoms. The molecule has 0 heterocycles. The molecule has 0 saturated carbocycles. The van der Waals surface area contributed by atoms with Crippen LogP contribution in [0.3, 0.4) is 0 Å². The first-order chi connectivity index (χ1) is 9.58. The lowest BCUT2D eigenvalue weighted by atomic mass is 10.0. The number of rotatable bonds is 5. The van der Waals surface area contributed by atoms with Gasteiger partial charge < -0.3 is 5.32 Å². The van der Waals surface area contributed by atoms with Crippen LogP contribution in [0.15, 0.2) is 42.5 Å². The van der Waals surface area contributed by atoms with E-state index in [0.717, 1.165) is 5.56 Å². The highest BCUT2D eigenvalue weighted by atomic mass is 19.1. The predicted molar refractivity (Wildman–Crippen MR) is 77.4 cm³/mol. The topological polar surface area (TPSA) is 12.0 Å². The van der Waals surface area contributed by atoms with E-state index in [0.29, 0.717) is 12.5 Å². The van der Waals surface area contributed by atoms with Gasteiger partial charge in [0, 0.05) is 18.7 Å². The second-order valence-corrected chi connectivity index (χ2v) is 5.20. The zero-order valence-corrected chi connectivity index (χ0v) is 11.8. The molecule has 0 atom stereocenters. The van der Waals surface area contributed by atoms with Crippen LogP contribution in [0.5, 0.6) is 0 Å². The molecule has 2 aromatic rings. The quantitative estimate of drug-likeness (QED) is 0.854. The van der Waals surface area contributed by atoms with Crippen LogP contribution < -0.4 is 5.32 Å². The van der Waals surface area contributed by atoms with Crippen molar-refractivity contribution in [2.45, 2.75) is 32.9 Å². The van der Waals surface area contributed by atoms with E-state index >= 15 is 0 Å². The Balaban J connectivity index is 1.93. The lowest BCUT2D eigenvalue weighted by molar-refractivity contribution is 0.535. The molecule has 0 aliphatic heterocycles. The number of nitrogens with one attached hydrogen (secondary N) is 1. The van der Waals surface area contributed by atoms with Crippen LogP contribution in [-0.4, -0.2) is 0 Å². The Morgan fingerprint density at radius 2 is 1.50 bits per heavy atom. The highest BCUT2D eigenvalue weighted by molar-refractivity contribution is 5.25. The van der Waals surface area contributed by atoms with E-state index in [9.17, 15) is 8.78 Å². The minimum Gasteiger partial charge on any atom is -0.308 e. The third-order valence-electron chi connectivity index (χ3n) is 3.34. The zero-order chi connectivity index (χ0) is 14.5. The molecule has 0 fully saturated rings. The normalized spacial score (nSPS) is 11.1.